The Morgan fingerprint density at radius 1 is 1.25 bits per heavy atom. The van der Waals surface area contributed by atoms with Crippen LogP contribution in [0.15, 0.2) is 21.7 Å². The summed E-state index contributed by atoms with van der Waals surface area (Å²) in [6.45, 7) is 0. The van der Waals surface area contributed by atoms with E-state index in [1.807, 2.05) is 0 Å². The highest BCUT2D eigenvalue weighted by Crippen LogP contribution is 2.36. The number of nitrogen functional groups attached to an aromatic ring is 2. The monoisotopic (exact) mass is 368 g/mol. The number of ether oxygens (including phenoxy) is 1. The third kappa shape index (κ3) is 2.66. The number of halogens is 5. The maximum atomic E-state index is 14.1. The molecule has 7 nitrogen and oxygen atoms in total. The van der Waals surface area contributed by atoms with Gasteiger partial charge in [-0.1, -0.05) is 11.6 Å². The molecule has 0 radical (unpaired) electrons. The number of hydrogen-bond donors (Lipinski definition) is 2. The Labute approximate surface area is 135 Å². The molecule has 0 unspecified atom stereocenters. The predicted molar refractivity (Wildman–Crippen MR) is 77.4 cm³/mol. The molecule has 0 spiro atoms. The number of methoxy groups -OCH3 is 1. The van der Waals surface area contributed by atoms with E-state index in [0.29, 0.717) is 6.07 Å². The van der Waals surface area contributed by atoms with Gasteiger partial charge in [0.25, 0.3) is 5.56 Å². The topological polar surface area (TPSA) is 105 Å². The molecule has 1 aromatic heterocycles. The van der Waals surface area contributed by atoms with Crippen LogP contribution in [0, 0.1) is 5.82 Å². The number of nitrogens with zero attached hydrogens (tertiary/aromatic N) is 2. The minimum atomic E-state index is -5.06. The molecule has 0 aliphatic rings. The summed E-state index contributed by atoms with van der Waals surface area (Å²) in [5, 5.41) is -0.260. The lowest BCUT2D eigenvalue weighted by Crippen LogP contribution is -2.45. The van der Waals surface area contributed by atoms with E-state index in [1.54, 1.807) is 0 Å². The van der Waals surface area contributed by atoms with E-state index < -0.39 is 40.3 Å². The lowest BCUT2D eigenvalue weighted by Gasteiger charge is -2.16. The lowest BCUT2D eigenvalue weighted by molar-refractivity contribution is -0.143. The highest BCUT2D eigenvalue weighted by atomic mass is 35.5. The van der Waals surface area contributed by atoms with Crippen LogP contribution in [0.5, 0.6) is 5.75 Å². The zero-order valence-electron chi connectivity index (χ0n) is 11.8. The predicted octanol–water partition coefficient (Wildman–Crippen LogP) is 1.12. The summed E-state index contributed by atoms with van der Waals surface area (Å²) in [5.74, 6) is 3.59. The van der Waals surface area contributed by atoms with Crippen LogP contribution in [0.25, 0.3) is 5.69 Å². The maximum Gasteiger partial charge on any atom is 0.433 e. The Morgan fingerprint density at radius 2 is 1.83 bits per heavy atom. The smallest absolute Gasteiger partial charge is 0.433 e. The van der Waals surface area contributed by atoms with Crippen LogP contribution in [-0.4, -0.2) is 16.4 Å². The first-order chi connectivity index (χ1) is 11.0. The summed E-state index contributed by atoms with van der Waals surface area (Å²) in [7, 11) is 1.13. The van der Waals surface area contributed by atoms with Crippen LogP contribution in [0.3, 0.4) is 0 Å². The fourth-order valence-corrected chi connectivity index (χ4v) is 2.30. The van der Waals surface area contributed by atoms with Gasteiger partial charge in [0.1, 0.15) is 11.4 Å². The van der Waals surface area contributed by atoms with Crippen molar-refractivity contribution in [1.29, 1.82) is 0 Å². The lowest BCUT2D eigenvalue weighted by atomic mass is 10.2. The Bertz CT molecular complexity index is 936. The fraction of sp³-hybridized carbons (Fsp3) is 0.167. The molecule has 1 heterocycles. The second-order valence-corrected chi connectivity index (χ2v) is 4.90. The van der Waals surface area contributed by atoms with Gasteiger partial charge >= 0.3 is 11.9 Å². The van der Waals surface area contributed by atoms with Crippen molar-refractivity contribution in [2.45, 2.75) is 6.18 Å². The van der Waals surface area contributed by atoms with Gasteiger partial charge in [-0.3, -0.25) is 4.79 Å². The van der Waals surface area contributed by atoms with E-state index in [-0.39, 0.29) is 26.1 Å². The van der Waals surface area contributed by atoms with Crippen LogP contribution in [-0.2, 0) is 6.18 Å². The molecule has 0 fully saturated rings. The van der Waals surface area contributed by atoms with Crippen LogP contribution in [0.4, 0.5) is 23.2 Å². The minimum absolute atomic E-state index is 0.0430. The zero-order chi connectivity index (χ0) is 18.4. The Hall–Kier alpha value is -2.69. The van der Waals surface area contributed by atoms with Gasteiger partial charge < -0.3 is 16.3 Å². The molecule has 0 atom stereocenters. The van der Waals surface area contributed by atoms with Crippen molar-refractivity contribution < 1.29 is 22.3 Å². The number of anilines is 1. The van der Waals surface area contributed by atoms with Crippen molar-refractivity contribution in [2.24, 2.45) is 0 Å². The largest absolute Gasteiger partial charge is 0.493 e. The highest BCUT2D eigenvalue weighted by Gasteiger charge is 2.36. The normalized spacial score (nSPS) is 11.6. The molecular weight excluding hydrogens is 360 g/mol. The Kier molecular flexibility index (Phi) is 4.23. The summed E-state index contributed by atoms with van der Waals surface area (Å²) in [4.78, 5) is 24.0. The molecule has 130 valence electrons. The first kappa shape index (κ1) is 17.7. The van der Waals surface area contributed by atoms with Gasteiger partial charge in [-0.05, 0) is 6.07 Å². The standard InChI is InChI=1S/C12H9ClF4N4O3/c1-24-10-4(13)2-5(14)9(8(10)18)20-7(22)3-6(12(15,16)17)21(19)11(20)23/h2-3H,18-19H2,1H3. The summed E-state index contributed by atoms with van der Waals surface area (Å²) in [6, 6.07) is 0.734. The van der Waals surface area contributed by atoms with Gasteiger partial charge in [-0.2, -0.15) is 13.2 Å². The van der Waals surface area contributed by atoms with E-state index in [1.165, 1.54) is 0 Å². The van der Waals surface area contributed by atoms with E-state index in [2.05, 4.69) is 0 Å². The quantitative estimate of drug-likeness (QED) is 0.469. The van der Waals surface area contributed by atoms with E-state index in [4.69, 9.17) is 27.9 Å². The average Bonchev–Trinajstić information content (AvgIpc) is 2.45. The van der Waals surface area contributed by atoms with Crippen molar-refractivity contribution in [3.8, 4) is 11.4 Å². The first-order valence-corrected chi connectivity index (χ1v) is 6.41. The second-order valence-electron chi connectivity index (χ2n) is 4.49. The van der Waals surface area contributed by atoms with Gasteiger partial charge in [-0.25, -0.2) is 18.4 Å². The summed E-state index contributed by atoms with van der Waals surface area (Å²) < 4.78 is 56.9. The fourth-order valence-electron chi connectivity index (χ4n) is 2.03. The third-order valence-corrected chi connectivity index (χ3v) is 3.33. The molecule has 0 bridgehead atoms. The molecule has 4 N–H and O–H groups in total. The molecule has 1 aromatic carbocycles. The van der Waals surface area contributed by atoms with E-state index in [0.717, 1.165) is 7.11 Å². The molecule has 2 aromatic rings. The number of alkyl halides is 3. The molecular formula is C12H9ClF4N4O3. The molecule has 0 amide bonds. The number of hydrogen-bond acceptors (Lipinski definition) is 5. The molecule has 0 saturated heterocycles. The van der Waals surface area contributed by atoms with Gasteiger partial charge in [0.05, 0.1) is 12.1 Å². The van der Waals surface area contributed by atoms with Gasteiger partial charge in [0, 0.05) is 6.07 Å². The maximum absolute atomic E-state index is 14.1. The van der Waals surface area contributed by atoms with Crippen LogP contribution < -0.4 is 27.6 Å². The van der Waals surface area contributed by atoms with Crippen molar-refractivity contribution in [3.05, 3.63) is 49.5 Å². The van der Waals surface area contributed by atoms with Gasteiger partial charge in [-0.15, -0.1) is 0 Å². The summed E-state index contributed by atoms with van der Waals surface area (Å²) in [5.41, 5.74) is -0.587. The van der Waals surface area contributed by atoms with E-state index in [9.17, 15) is 27.2 Å². The Balaban J connectivity index is 2.94. The van der Waals surface area contributed by atoms with Gasteiger partial charge in [0.2, 0.25) is 0 Å². The molecule has 0 saturated carbocycles. The molecule has 24 heavy (non-hydrogen) atoms. The molecule has 12 heteroatoms. The van der Waals surface area contributed by atoms with Gasteiger partial charge in [0.15, 0.2) is 17.3 Å². The third-order valence-electron chi connectivity index (χ3n) is 3.05. The summed E-state index contributed by atoms with van der Waals surface area (Å²) >= 11 is 5.70. The minimum Gasteiger partial charge on any atom is -0.493 e. The first-order valence-electron chi connectivity index (χ1n) is 6.04. The van der Waals surface area contributed by atoms with Crippen LogP contribution >= 0.6 is 11.6 Å². The SMILES string of the molecule is COc1c(Cl)cc(F)c(-n2c(=O)cc(C(F)(F)F)n(N)c2=O)c1N. The van der Waals surface area contributed by atoms with Crippen molar-refractivity contribution in [3.63, 3.8) is 0 Å². The Morgan fingerprint density at radius 3 is 2.33 bits per heavy atom. The number of rotatable bonds is 2. The summed E-state index contributed by atoms with van der Waals surface area (Å²) in [6.07, 6.45) is -5.06. The molecule has 0 aliphatic heterocycles. The van der Waals surface area contributed by atoms with Crippen molar-refractivity contribution in [1.82, 2.24) is 9.24 Å². The highest BCUT2D eigenvalue weighted by molar-refractivity contribution is 6.32. The van der Waals surface area contributed by atoms with Crippen molar-refractivity contribution in [2.75, 3.05) is 18.7 Å². The average molecular weight is 369 g/mol. The van der Waals surface area contributed by atoms with Crippen molar-refractivity contribution >= 4 is 17.3 Å². The molecule has 0 aliphatic carbocycles. The number of benzene rings is 1. The van der Waals surface area contributed by atoms with Crippen LogP contribution in [0.2, 0.25) is 5.02 Å². The number of nitrogens with two attached hydrogens (primary N) is 2. The number of aromatic nitrogens is 2. The zero-order valence-corrected chi connectivity index (χ0v) is 12.6. The molecule has 2 rings (SSSR count). The van der Waals surface area contributed by atoms with E-state index >= 15 is 0 Å². The van der Waals surface area contributed by atoms with Crippen LogP contribution in [0.1, 0.15) is 5.69 Å². The second kappa shape index (κ2) is 5.74.